The van der Waals surface area contributed by atoms with Crippen LogP contribution in [-0.4, -0.2) is 23.8 Å². The maximum Gasteiger partial charge on any atom is 0.306 e. The number of ether oxygens (including phenoxy) is 1. The zero-order chi connectivity index (χ0) is 11.8. The summed E-state index contributed by atoms with van der Waals surface area (Å²) in [5, 5.41) is 0. The van der Waals surface area contributed by atoms with Gasteiger partial charge in [-0.15, -0.1) is 12.4 Å². The van der Waals surface area contributed by atoms with E-state index in [0.717, 1.165) is 5.56 Å². The summed E-state index contributed by atoms with van der Waals surface area (Å²) >= 11 is 0. The minimum absolute atomic E-state index is 0. The minimum Gasteiger partial charge on any atom is -0.461 e. The van der Waals surface area contributed by atoms with Gasteiger partial charge in [-0.1, -0.05) is 30.3 Å². The van der Waals surface area contributed by atoms with Crippen molar-refractivity contribution in [3.8, 4) is 0 Å². The van der Waals surface area contributed by atoms with Gasteiger partial charge in [0.1, 0.15) is 12.4 Å². The lowest BCUT2D eigenvalue weighted by Crippen LogP contribution is -2.15. The van der Waals surface area contributed by atoms with Gasteiger partial charge in [-0.25, -0.2) is 0 Å². The molecule has 0 aromatic heterocycles. The van der Waals surface area contributed by atoms with Crippen LogP contribution < -0.4 is 5.73 Å². The second-order valence-electron chi connectivity index (χ2n) is 3.39. The zero-order valence-corrected chi connectivity index (χ0v) is 10.7. The minimum atomic E-state index is -0.370. The van der Waals surface area contributed by atoms with E-state index in [2.05, 4.69) is 0 Å². The Balaban J connectivity index is 0. The van der Waals surface area contributed by atoms with Gasteiger partial charge in [-0.2, -0.15) is 0 Å². The molecule has 0 aliphatic rings. The smallest absolute Gasteiger partial charge is 0.306 e. The molecule has 18 heavy (non-hydrogen) atoms. The van der Waals surface area contributed by atoms with E-state index in [-0.39, 0.29) is 55.6 Å². The van der Waals surface area contributed by atoms with Crippen LogP contribution in [0.2, 0.25) is 0 Å². The van der Waals surface area contributed by atoms with E-state index in [1.54, 1.807) is 0 Å². The van der Waals surface area contributed by atoms with Crippen molar-refractivity contribution >= 4 is 24.2 Å². The topological polar surface area (TPSA) is 101 Å². The maximum absolute atomic E-state index is 11.2. The van der Waals surface area contributed by atoms with Crippen molar-refractivity contribution in [2.45, 2.75) is 19.4 Å². The van der Waals surface area contributed by atoms with Crippen LogP contribution >= 0.6 is 12.4 Å². The third-order valence-corrected chi connectivity index (χ3v) is 2.08. The van der Waals surface area contributed by atoms with E-state index < -0.39 is 0 Å². The van der Waals surface area contributed by atoms with E-state index in [1.807, 2.05) is 30.3 Å². The molecule has 0 atom stereocenters. The summed E-state index contributed by atoms with van der Waals surface area (Å²) in [7, 11) is 0. The molecule has 4 N–H and O–H groups in total. The van der Waals surface area contributed by atoms with Crippen molar-refractivity contribution in [2.24, 2.45) is 5.73 Å². The van der Waals surface area contributed by atoms with Crippen molar-refractivity contribution < 1.29 is 19.8 Å². The van der Waals surface area contributed by atoms with Gasteiger partial charge >= 0.3 is 5.97 Å². The molecule has 5 nitrogen and oxygen atoms in total. The Hall–Kier alpha value is -1.43. The lowest BCUT2D eigenvalue weighted by Gasteiger charge is -2.04. The molecule has 1 aromatic carbocycles. The Morgan fingerprint density at radius 2 is 1.72 bits per heavy atom. The van der Waals surface area contributed by atoms with Crippen molar-refractivity contribution in [1.82, 2.24) is 0 Å². The maximum atomic E-state index is 11.2. The predicted molar refractivity (Wildman–Crippen MR) is 70.4 cm³/mol. The summed E-state index contributed by atoms with van der Waals surface area (Å²) in [5.41, 5.74) is 6.05. The molecule has 0 aliphatic carbocycles. The molecule has 0 saturated heterocycles. The number of Topliss-reactive ketones (excluding diaryl/α,β-unsaturated/α-hetero) is 1. The van der Waals surface area contributed by atoms with Gasteiger partial charge in [-0.05, 0) is 5.56 Å². The van der Waals surface area contributed by atoms with Gasteiger partial charge in [0.15, 0.2) is 0 Å². The highest BCUT2D eigenvalue weighted by Gasteiger charge is 2.06. The van der Waals surface area contributed by atoms with E-state index in [1.165, 1.54) is 0 Å². The van der Waals surface area contributed by atoms with Crippen LogP contribution in [0.15, 0.2) is 30.3 Å². The second kappa shape index (κ2) is 10.7. The van der Waals surface area contributed by atoms with Gasteiger partial charge in [0, 0.05) is 6.42 Å². The molecule has 0 aliphatic heterocycles. The first-order valence-corrected chi connectivity index (χ1v) is 5.13. The molecule has 0 radical (unpaired) electrons. The van der Waals surface area contributed by atoms with Gasteiger partial charge in [0.25, 0.3) is 0 Å². The van der Waals surface area contributed by atoms with Crippen LogP contribution in [0.25, 0.3) is 0 Å². The third kappa shape index (κ3) is 7.78. The molecule has 0 amide bonds. The number of nitrogens with two attached hydrogens (primary N) is 1. The zero-order valence-electron chi connectivity index (χ0n) is 9.93. The average Bonchev–Trinajstić information content (AvgIpc) is 2.34. The van der Waals surface area contributed by atoms with Gasteiger partial charge in [-0.3, -0.25) is 9.59 Å². The standard InChI is InChI=1S/C12H15NO3.ClH.H2O/c13-8-11(14)6-7-12(15)16-9-10-4-2-1-3-5-10;;/h1-5H,6-9,13H2;1H;1H2. The number of carbonyl (C=O) groups is 2. The van der Waals surface area contributed by atoms with E-state index in [9.17, 15) is 9.59 Å². The molecular formula is C12H18ClNO4. The molecule has 0 fully saturated rings. The van der Waals surface area contributed by atoms with Crippen LogP contribution in [0.3, 0.4) is 0 Å². The van der Waals surface area contributed by atoms with Gasteiger partial charge in [0.2, 0.25) is 0 Å². The molecule has 1 aromatic rings. The number of benzene rings is 1. The molecule has 102 valence electrons. The van der Waals surface area contributed by atoms with Gasteiger partial charge in [0.05, 0.1) is 13.0 Å². The Kier molecular flexibility index (Phi) is 11.3. The van der Waals surface area contributed by atoms with E-state index in [0.29, 0.717) is 0 Å². The number of esters is 1. The fourth-order valence-corrected chi connectivity index (χ4v) is 1.15. The fourth-order valence-electron chi connectivity index (χ4n) is 1.15. The van der Waals surface area contributed by atoms with Crippen LogP contribution in [0.4, 0.5) is 0 Å². The number of hydrogen-bond donors (Lipinski definition) is 1. The first kappa shape index (κ1) is 18.9. The molecule has 0 saturated carbocycles. The summed E-state index contributed by atoms with van der Waals surface area (Å²) in [4.78, 5) is 22.1. The monoisotopic (exact) mass is 275 g/mol. The number of ketones is 1. The Labute approximate surface area is 112 Å². The fraction of sp³-hybridized carbons (Fsp3) is 0.333. The summed E-state index contributed by atoms with van der Waals surface area (Å²) in [6, 6.07) is 9.39. The molecule has 0 spiro atoms. The molecule has 0 heterocycles. The lowest BCUT2D eigenvalue weighted by molar-refractivity contribution is -0.146. The summed E-state index contributed by atoms with van der Waals surface area (Å²) in [6.45, 7) is 0.225. The van der Waals surface area contributed by atoms with Crippen LogP contribution in [0, 0.1) is 0 Å². The van der Waals surface area contributed by atoms with E-state index in [4.69, 9.17) is 10.5 Å². The van der Waals surface area contributed by atoms with Crippen molar-refractivity contribution in [3.63, 3.8) is 0 Å². The number of hydrogen-bond acceptors (Lipinski definition) is 4. The largest absolute Gasteiger partial charge is 0.461 e. The number of halogens is 1. The SMILES string of the molecule is Cl.NCC(=O)CCC(=O)OCc1ccccc1.O. The van der Waals surface area contributed by atoms with Crippen molar-refractivity contribution in [2.75, 3.05) is 6.54 Å². The highest BCUT2D eigenvalue weighted by Crippen LogP contribution is 2.02. The molecule has 0 unspecified atom stereocenters. The first-order chi connectivity index (χ1) is 7.72. The quantitative estimate of drug-likeness (QED) is 0.770. The van der Waals surface area contributed by atoms with Gasteiger partial charge < -0.3 is 15.9 Å². The Morgan fingerprint density at radius 3 is 2.28 bits per heavy atom. The molecule has 0 bridgehead atoms. The summed E-state index contributed by atoms with van der Waals surface area (Å²) in [6.07, 6.45) is 0.257. The highest BCUT2D eigenvalue weighted by atomic mass is 35.5. The van der Waals surface area contributed by atoms with Crippen LogP contribution in [-0.2, 0) is 20.9 Å². The Morgan fingerprint density at radius 1 is 1.11 bits per heavy atom. The predicted octanol–water partition coefficient (Wildman–Crippen LogP) is 0.635. The summed E-state index contributed by atoms with van der Waals surface area (Å²) in [5.74, 6) is -0.498. The molecule has 1 rings (SSSR count). The first-order valence-electron chi connectivity index (χ1n) is 5.13. The molecule has 6 heteroatoms. The van der Waals surface area contributed by atoms with E-state index >= 15 is 0 Å². The number of rotatable bonds is 6. The van der Waals surface area contributed by atoms with Crippen LogP contribution in [0.1, 0.15) is 18.4 Å². The van der Waals surface area contributed by atoms with Crippen molar-refractivity contribution in [1.29, 1.82) is 0 Å². The average molecular weight is 276 g/mol. The highest BCUT2D eigenvalue weighted by molar-refractivity contribution is 5.85. The number of carbonyl (C=O) groups excluding carboxylic acids is 2. The Bertz CT molecular complexity index is 356. The molecular weight excluding hydrogens is 258 g/mol. The normalized spacial score (nSPS) is 8.72. The summed E-state index contributed by atoms with van der Waals surface area (Å²) < 4.78 is 4.99. The second-order valence-corrected chi connectivity index (χ2v) is 3.39. The van der Waals surface area contributed by atoms with Crippen molar-refractivity contribution in [3.05, 3.63) is 35.9 Å². The van der Waals surface area contributed by atoms with Crippen LogP contribution in [0.5, 0.6) is 0 Å². The lowest BCUT2D eigenvalue weighted by atomic mass is 10.2. The third-order valence-electron chi connectivity index (χ3n) is 2.08.